The number of hydrogen-bond donors (Lipinski definition) is 1. The van der Waals surface area contributed by atoms with Gasteiger partial charge in [0.1, 0.15) is 23.3 Å². The Morgan fingerprint density at radius 2 is 2.00 bits per heavy atom. The molecule has 1 aromatic carbocycles. The highest BCUT2D eigenvalue weighted by molar-refractivity contribution is 6.30. The fraction of sp³-hybridized carbons (Fsp3) is 0.517. The predicted octanol–water partition coefficient (Wildman–Crippen LogP) is 3.00. The molecule has 2 amide bonds. The van der Waals surface area contributed by atoms with Gasteiger partial charge in [0.15, 0.2) is 5.75 Å². The molecule has 226 valence electrons. The number of ether oxygens (including phenoxy) is 1. The maximum absolute atomic E-state index is 14.2. The summed E-state index contributed by atoms with van der Waals surface area (Å²) in [7, 11) is 3.51. The van der Waals surface area contributed by atoms with Crippen LogP contribution in [-0.4, -0.2) is 82.0 Å². The Bertz CT molecular complexity index is 1550. The van der Waals surface area contributed by atoms with Gasteiger partial charge in [0, 0.05) is 24.6 Å². The summed E-state index contributed by atoms with van der Waals surface area (Å²) in [5, 5.41) is 11.1. The number of likely N-dealkylation sites (N-methyl/N-ethyl adjacent to an activating group) is 1. The van der Waals surface area contributed by atoms with Gasteiger partial charge in [-0.1, -0.05) is 17.7 Å². The number of amides is 2. The van der Waals surface area contributed by atoms with E-state index in [0.29, 0.717) is 23.5 Å². The molecular formula is C29H33Cl2FN4O6. The summed E-state index contributed by atoms with van der Waals surface area (Å²) in [6.07, 6.45) is 1.85. The van der Waals surface area contributed by atoms with Crippen LogP contribution in [0.15, 0.2) is 23.0 Å². The number of benzene rings is 1. The molecule has 2 aliphatic heterocycles. The van der Waals surface area contributed by atoms with E-state index in [2.05, 4.69) is 0 Å². The highest BCUT2D eigenvalue weighted by Crippen LogP contribution is 2.64. The smallest absolute Gasteiger partial charge is 0.320 e. The van der Waals surface area contributed by atoms with Gasteiger partial charge in [-0.05, 0) is 70.3 Å². The molecule has 42 heavy (non-hydrogen) atoms. The Kier molecular flexibility index (Phi) is 7.83. The molecule has 3 heterocycles. The topological polar surface area (TPSA) is 112 Å². The zero-order valence-corrected chi connectivity index (χ0v) is 25.1. The summed E-state index contributed by atoms with van der Waals surface area (Å²) in [5.74, 6) is -2.22. The Morgan fingerprint density at radius 1 is 1.26 bits per heavy atom. The van der Waals surface area contributed by atoms with Gasteiger partial charge in [-0.3, -0.25) is 28.6 Å². The summed E-state index contributed by atoms with van der Waals surface area (Å²) in [4.78, 5) is 58.7. The molecule has 4 aliphatic rings. The first-order chi connectivity index (χ1) is 19.4. The lowest BCUT2D eigenvalue weighted by Gasteiger charge is -2.39. The number of hydrogen-bond acceptors (Lipinski definition) is 7. The normalized spacial score (nSPS) is 24.4. The first-order valence-electron chi connectivity index (χ1n) is 13.8. The first kappa shape index (κ1) is 30.3. The second kappa shape index (κ2) is 10.8. The minimum Gasteiger partial charge on any atom is -0.502 e. The van der Waals surface area contributed by atoms with Crippen LogP contribution in [0.5, 0.6) is 5.75 Å². The lowest BCUT2D eigenvalue weighted by Crippen LogP contribution is -2.53. The van der Waals surface area contributed by atoms with Crippen LogP contribution < -0.4 is 5.56 Å². The second-order valence-corrected chi connectivity index (χ2v) is 12.3. The van der Waals surface area contributed by atoms with Crippen molar-refractivity contribution in [1.82, 2.24) is 19.3 Å². The third-order valence-electron chi connectivity index (χ3n) is 8.86. The Labute approximate surface area is 253 Å². The van der Waals surface area contributed by atoms with Gasteiger partial charge >= 0.3 is 5.97 Å². The molecule has 0 saturated heterocycles. The van der Waals surface area contributed by atoms with Crippen molar-refractivity contribution < 1.29 is 28.6 Å². The van der Waals surface area contributed by atoms with Crippen LogP contribution in [0.3, 0.4) is 0 Å². The van der Waals surface area contributed by atoms with Crippen molar-refractivity contribution in [2.24, 2.45) is 11.8 Å². The third-order valence-corrected chi connectivity index (χ3v) is 9.15. The molecule has 0 unspecified atom stereocenters. The summed E-state index contributed by atoms with van der Waals surface area (Å²) < 4.78 is 20.7. The Hall–Kier alpha value is -3.15. The number of pyridine rings is 1. The maximum Gasteiger partial charge on any atom is 0.320 e. The molecule has 2 aliphatic carbocycles. The number of carbonyl (C=O) groups is 3. The van der Waals surface area contributed by atoms with Gasteiger partial charge in [0.25, 0.3) is 17.4 Å². The zero-order valence-electron chi connectivity index (χ0n) is 23.6. The van der Waals surface area contributed by atoms with Gasteiger partial charge in [-0.2, -0.15) is 0 Å². The third kappa shape index (κ3) is 4.66. The van der Waals surface area contributed by atoms with Crippen LogP contribution in [0.4, 0.5) is 4.39 Å². The fourth-order valence-corrected chi connectivity index (χ4v) is 7.31. The summed E-state index contributed by atoms with van der Waals surface area (Å²) in [5.41, 5.74) is -0.807. The number of esters is 1. The minimum atomic E-state index is -0.964. The van der Waals surface area contributed by atoms with Crippen LogP contribution in [-0.2, 0) is 28.2 Å². The molecule has 1 aromatic heterocycles. The van der Waals surface area contributed by atoms with Crippen LogP contribution in [0.2, 0.25) is 5.02 Å². The molecule has 2 saturated carbocycles. The highest BCUT2D eigenvalue weighted by atomic mass is 35.5. The van der Waals surface area contributed by atoms with Crippen LogP contribution in [0, 0.1) is 17.7 Å². The lowest BCUT2D eigenvalue weighted by atomic mass is 9.95. The number of carbonyl (C=O) groups excluding carboxylic acids is 3. The van der Waals surface area contributed by atoms with E-state index in [4.69, 9.17) is 16.3 Å². The fourth-order valence-electron chi connectivity index (χ4n) is 7.10. The van der Waals surface area contributed by atoms with Crippen molar-refractivity contribution in [3.05, 3.63) is 61.8 Å². The van der Waals surface area contributed by atoms with Gasteiger partial charge < -0.3 is 19.6 Å². The lowest BCUT2D eigenvalue weighted by molar-refractivity contribution is -0.150. The average Bonchev–Trinajstić information content (AvgIpc) is 3.54. The SMILES string of the molecule is C[C@@H](CN1C(=O)c2c3c(c(O)c(=O)n2[C@@]12CC[C@H]1C[C@H]12)C(=O)N(Cc1ccc(F)c(Cl)c1)CC3)OC(=O)CN(C)C.Cl. The zero-order chi connectivity index (χ0) is 29.4. The monoisotopic (exact) mass is 622 g/mol. The molecule has 1 spiro atoms. The summed E-state index contributed by atoms with van der Waals surface area (Å²) in [6.45, 7) is 2.23. The van der Waals surface area contributed by atoms with Crippen molar-refractivity contribution >= 4 is 41.8 Å². The van der Waals surface area contributed by atoms with E-state index in [1.54, 1.807) is 30.8 Å². The van der Waals surface area contributed by atoms with Gasteiger partial charge in [-0.25, -0.2) is 4.39 Å². The molecular weight excluding hydrogens is 590 g/mol. The average molecular weight is 624 g/mol. The van der Waals surface area contributed by atoms with E-state index in [-0.39, 0.29) is 67.2 Å². The van der Waals surface area contributed by atoms with E-state index >= 15 is 0 Å². The van der Waals surface area contributed by atoms with E-state index in [0.717, 1.165) is 12.8 Å². The maximum atomic E-state index is 14.2. The van der Waals surface area contributed by atoms with Crippen molar-refractivity contribution in [2.45, 2.75) is 50.9 Å². The summed E-state index contributed by atoms with van der Waals surface area (Å²) in [6, 6.07) is 4.17. The summed E-state index contributed by atoms with van der Waals surface area (Å²) >= 11 is 5.91. The molecule has 4 atom stereocenters. The van der Waals surface area contributed by atoms with E-state index in [1.165, 1.54) is 27.7 Å². The number of fused-ring (bicyclic) bond motifs is 6. The molecule has 2 aromatic rings. The number of halogens is 3. The molecule has 13 heteroatoms. The van der Waals surface area contributed by atoms with Crippen molar-refractivity contribution in [2.75, 3.05) is 33.7 Å². The molecule has 10 nitrogen and oxygen atoms in total. The number of aromatic hydroxyl groups is 1. The highest BCUT2D eigenvalue weighted by Gasteiger charge is 2.67. The quantitative estimate of drug-likeness (QED) is 0.472. The van der Waals surface area contributed by atoms with Crippen LogP contribution in [0.1, 0.15) is 58.2 Å². The minimum absolute atomic E-state index is 0. The van der Waals surface area contributed by atoms with E-state index in [1.807, 2.05) is 0 Å². The van der Waals surface area contributed by atoms with Crippen LogP contribution >= 0.6 is 24.0 Å². The Balaban J connectivity index is 0.00000353. The second-order valence-electron chi connectivity index (χ2n) is 11.9. The van der Waals surface area contributed by atoms with Crippen molar-refractivity contribution in [3.8, 4) is 5.75 Å². The largest absolute Gasteiger partial charge is 0.502 e. The molecule has 0 bridgehead atoms. The molecule has 1 N–H and O–H groups in total. The van der Waals surface area contributed by atoms with Gasteiger partial charge in [0.2, 0.25) is 0 Å². The number of rotatable bonds is 7. The van der Waals surface area contributed by atoms with Crippen LogP contribution in [0.25, 0.3) is 0 Å². The van der Waals surface area contributed by atoms with E-state index < -0.39 is 46.7 Å². The molecule has 2 fully saturated rings. The number of nitrogens with zero attached hydrogens (tertiary/aromatic N) is 4. The van der Waals surface area contributed by atoms with Gasteiger partial charge in [0.05, 0.1) is 23.7 Å². The first-order valence-corrected chi connectivity index (χ1v) is 14.2. The molecule has 6 rings (SSSR count). The predicted molar refractivity (Wildman–Crippen MR) is 153 cm³/mol. The van der Waals surface area contributed by atoms with Crippen molar-refractivity contribution in [3.63, 3.8) is 0 Å². The van der Waals surface area contributed by atoms with Gasteiger partial charge in [-0.15, -0.1) is 12.4 Å². The number of aromatic nitrogens is 1. The van der Waals surface area contributed by atoms with Crippen molar-refractivity contribution in [1.29, 1.82) is 0 Å². The van der Waals surface area contributed by atoms with E-state index in [9.17, 15) is 28.7 Å². The molecule has 0 radical (unpaired) electrons. The standard InChI is InChI=1S/C29H32ClFN4O6.ClH/c1-15(41-22(36)14-32(2)3)12-34-27(39)24-18-7-9-33(13-16-4-5-21(31)20(30)10-16)26(38)23(18)25(37)28(40)35(24)29(34)8-6-17-11-19(17)29;/h4-5,10,15,17,19,37H,6-9,11-14H2,1-3H3;1H/t15-,17-,19+,29+;/m0./s1. The Morgan fingerprint density at radius 3 is 2.62 bits per heavy atom.